The standard InChI is InChI=1S/C29H29N3O3S/c1-20-8-4-5-9-22(20)19-36-29-30-26-18-21(27(33)31-16-6-3-7-17-31)10-15-25(26)28(34)32(29)23-11-13-24(35-2)14-12-23/h4-5,8-15,18H,3,6-7,16-17,19H2,1-2H3. The lowest BCUT2D eigenvalue weighted by atomic mass is 10.1. The van der Waals surface area contributed by atoms with Crippen LogP contribution in [0, 0.1) is 6.92 Å². The van der Waals surface area contributed by atoms with Crippen molar-refractivity contribution in [1.29, 1.82) is 0 Å². The molecule has 184 valence electrons. The van der Waals surface area contributed by atoms with E-state index in [1.807, 2.05) is 41.3 Å². The summed E-state index contributed by atoms with van der Waals surface area (Å²) in [6.45, 7) is 3.64. The van der Waals surface area contributed by atoms with E-state index in [-0.39, 0.29) is 11.5 Å². The first-order valence-corrected chi connectivity index (χ1v) is 13.2. The van der Waals surface area contributed by atoms with Gasteiger partial charge in [-0.15, -0.1) is 0 Å². The molecule has 2 heterocycles. The van der Waals surface area contributed by atoms with Gasteiger partial charge in [-0.2, -0.15) is 0 Å². The van der Waals surface area contributed by atoms with Crippen molar-refractivity contribution in [2.75, 3.05) is 20.2 Å². The van der Waals surface area contributed by atoms with Crippen molar-refractivity contribution in [2.45, 2.75) is 37.1 Å². The van der Waals surface area contributed by atoms with Crippen LogP contribution >= 0.6 is 11.8 Å². The van der Waals surface area contributed by atoms with Gasteiger partial charge >= 0.3 is 0 Å². The first-order valence-electron chi connectivity index (χ1n) is 12.2. The number of aromatic nitrogens is 2. The Bertz CT molecular complexity index is 1460. The smallest absolute Gasteiger partial charge is 0.266 e. The number of hydrogen-bond donors (Lipinski definition) is 0. The summed E-state index contributed by atoms with van der Waals surface area (Å²) < 4.78 is 6.95. The normalized spacial score (nSPS) is 13.7. The zero-order valence-electron chi connectivity index (χ0n) is 20.6. The monoisotopic (exact) mass is 499 g/mol. The summed E-state index contributed by atoms with van der Waals surface area (Å²) in [6, 6.07) is 20.9. The van der Waals surface area contributed by atoms with Gasteiger partial charge in [-0.3, -0.25) is 14.2 Å². The van der Waals surface area contributed by atoms with Gasteiger partial charge in [0.05, 0.1) is 23.7 Å². The highest BCUT2D eigenvalue weighted by Gasteiger charge is 2.20. The van der Waals surface area contributed by atoms with E-state index in [9.17, 15) is 9.59 Å². The molecule has 0 bridgehead atoms. The second-order valence-electron chi connectivity index (χ2n) is 9.03. The Balaban J connectivity index is 1.59. The molecule has 0 radical (unpaired) electrons. The summed E-state index contributed by atoms with van der Waals surface area (Å²) >= 11 is 1.52. The molecule has 0 atom stereocenters. The van der Waals surface area contributed by atoms with Crippen molar-refractivity contribution in [2.24, 2.45) is 0 Å². The molecule has 3 aromatic carbocycles. The fourth-order valence-corrected chi connectivity index (χ4v) is 5.64. The number of likely N-dealkylation sites (tertiary alicyclic amines) is 1. The molecule has 0 unspecified atom stereocenters. The fraction of sp³-hybridized carbons (Fsp3) is 0.276. The van der Waals surface area contributed by atoms with E-state index in [0.717, 1.165) is 43.8 Å². The van der Waals surface area contributed by atoms with E-state index >= 15 is 0 Å². The summed E-state index contributed by atoms with van der Waals surface area (Å²) in [5.74, 6) is 1.40. The molecule has 4 aromatic rings. The molecule has 0 aliphatic carbocycles. The van der Waals surface area contributed by atoms with E-state index < -0.39 is 0 Å². The van der Waals surface area contributed by atoms with Crippen molar-refractivity contribution < 1.29 is 9.53 Å². The molecule has 5 rings (SSSR count). The van der Waals surface area contributed by atoms with Gasteiger partial charge in [-0.1, -0.05) is 36.0 Å². The highest BCUT2D eigenvalue weighted by Crippen LogP contribution is 2.27. The average molecular weight is 500 g/mol. The number of aryl methyl sites for hydroxylation is 1. The van der Waals surface area contributed by atoms with Crippen LogP contribution in [0.15, 0.2) is 76.7 Å². The van der Waals surface area contributed by atoms with Crippen LogP contribution in [0.25, 0.3) is 16.6 Å². The summed E-state index contributed by atoms with van der Waals surface area (Å²) in [7, 11) is 1.62. The number of piperidine rings is 1. The van der Waals surface area contributed by atoms with Crippen LogP contribution in [0.4, 0.5) is 0 Å². The molecule has 1 amide bonds. The number of amides is 1. The minimum Gasteiger partial charge on any atom is -0.497 e. The van der Waals surface area contributed by atoms with Gasteiger partial charge in [0.25, 0.3) is 11.5 Å². The van der Waals surface area contributed by atoms with Crippen LogP contribution in [0.5, 0.6) is 5.75 Å². The quantitative estimate of drug-likeness (QED) is 0.254. The molecule has 1 aromatic heterocycles. The number of nitrogens with zero attached hydrogens (tertiary/aromatic N) is 3. The Morgan fingerprint density at radius 2 is 1.75 bits per heavy atom. The molecule has 7 heteroatoms. The molecule has 1 aliphatic rings. The van der Waals surface area contributed by atoms with Crippen LogP contribution < -0.4 is 10.3 Å². The van der Waals surface area contributed by atoms with Crippen molar-refractivity contribution in [3.05, 3.63) is 93.8 Å². The summed E-state index contributed by atoms with van der Waals surface area (Å²) in [4.78, 5) is 33.7. The maximum absolute atomic E-state index is 13.7. The molecular weight excluding hydrogens is 470 g/mol. The Morgan fingerprint density at radius 3 is 2.47 bits per heavy atom. The first kappa shape index (κ1) is 24.1. The molecule has 6 nitrogen and oxygen atoms in total. The van der Waals surface area contributed by atoms with Crippen molar-refractivity contribution in [3.63, 3.8) is 0 Å². The van der Waals surface area contributed by atoms with E-state index in [2.05, 4.69) is 19.1 Å². The number of thioether (sulfide) groups is 1. The predicted octanol–water partition coefficient (Wildman–Crippen LogP) is 5.62. The molecule has 0 saturated carbocycles. The molecular formula is C29H29N3O3S. The summed E-state index contributed by atoms with van der Waals surface area (Å²) in [6.07, 6.45) is 3.23. The third kappa shape index (κ3) is 4.88. The lowest BCUT2D eigenvalue weighted by Crippen LogP contribution is -2.35. The van der Waals surface area contributed by atoms with E-state index in [1.165, 1.54) is 22.9 Å². The molecule has 36 heavy (non-hydrogen) atoms. The highest BCUT2D eigenvalue weighted by atomic mass is 32.2. The maximum atomic E-state index is 13.7. The highest BCUT2D eigenvalue weighted by molar-refractivity contribution is 7.98. The minimum atomic E-state index is -0.158. The SMILES string of the molecule is COc1ccc(-n2c(SCc3ccccc3C)nc3cc(C(=O)N4CCCCC4)ccc3c2=O)cc1. The molecule has 0 N–H and O–H groups in total. The number of carbonyl (C=O) groups excluding carboxylic acids is 1. The number of ether oxygens (including phenoxy) is 1. The van der Waals surface area contributed by atoms with Gasteiger partial charge in [0.1, 0.15) is 5.75 Å². The fourth-order valence-electron chi connectivity index (χ4n) is 4.55. The minimum absolute atomic E-state index is 0.00634. The number of benzene rings is 3. The largest absolute Gasteiger partial charge is 0.497 e. The van der Waals surface area contributed by atoms with Gasteiger partial charge in [0.15, 0.2) is 5.16 Å². The van der Waals surface area contributed by atoms with Crippen molar-refractivity contribution in [3.8, 4) is 11.4 Å². The van der Waals surface area contributed by atoms with Gasteiger partial charge in [-0.25, -0.2) is 4.98 Å². The van der Waals surface area contributed by atoms with Gasteiger partial charge in [0.2, 0.25) is 0 Å². The third-order valence-electron chi connectivity index (χ3n) is 6.68. The van der Waals surface area contributed by atoms with Crippen LogP contribution in [0.2, 0.25) is 0 Å². The molecule has 0 spiro atoms. The Labute approximate surface area is 214 Å². The van der Waals surface area contributed by atoms with Crippen LogP contribution in [-0.2, 0) is 5.75 Å². The summed E-state index contributed by atoms with van der Waals surface area (Å²) in [5.41, 5.74) is 4.06. The van der Waals surface area contributed by atoms with Crippen molar-refractivity contribution >= 4 is 28.6 Å². The van der Waals surface area contributed by atoms with Gasteiger partial charge in [0, 0.05) is 24.4 Å². The van der Waals surface area contributed by atoms with E-state index in [4.69, 9.17) is 9.72 Å². The van der Waals surface area contributed by atoms with Gasteiger partial charge < -0.3 is 9.64 Å². The molecule has 1 saturated heterocycles. The average Bonchev–Trinajstić information content (AvgIpc) is 2.92. The van der Waals surface area contributed by atoms with Gasteiger partial charge in [-0.05, 0) is 79.8 Å². The number of hydrogen-bond acceptors (Lipinski definition) is 5. The number of rotatable bonds is 6. The second-order valence-corrected chi connectivity index (χ2v) is 9.98. The summed E-state index contributed by atoms with van der Waals surface area (Å²) in [5, 5.41) is 1.07. The molecule has 1 aliphatic heterocycles. The lowest BCUT2D eigenvalue weighted by molar-refractivity contribution is 0.0724. The number of methoxy groups -OCH3 is 1. The number of fused-ring (bicyclic) bond motifs is 1. The second kappa shape index (κ2) is 10.6. The maximum Gasteiger partial charge on any atom is 0.266 e. The Morgan fingerprint density at radius 1 is 1.00 bits per heavy atom. The van der Waals surface area contributed by atoms with Crippen LogP contribution in [0.3, 0.4) is 0 Å². The van der Waals surface area contributed by atoms with E-state index in [0.29, 0.717) is 27.4 Å². The third-order valence-corrected chi connectivity index (χ3v) is 7.66. The van der Waals surface area contributed by atoms with E-state index in [1.54, 1.807) is 29.9 Å². The zero-order chi connectivity index (χ0) is 25.1. The Kier molecular flexibility index (Phi) is 7.09. The number of carbonyl (C=O) groups is 1. The predicted molar refractivity (Wildman–Crippen MR) is 144 cm³/mol. The molecule has 1 fully saturated rings. The topological polar surface area (TPSA) is 64.4 Å². The zero-order valence-corrected chi connectivity index (χ0v) is 21.4. The van der Waals surface area contributed by atoms with Crippen LogP contribution in [-0.4, -0.2) is 40.6 Å². The Hall–Kier alpha value is -3.58. The van der Waals surface area contributed by atoms with Crippen LogP contribution in [0.1, 0.15) is 40.7 Å². The van der Waals surface area contributed by atoms with Crippen molar-refractivity contribution in [1.82, 2.24) is 14.5 Å². The lowest BCUT2D eigenvalue weighted by Gasteiger charge is -2.26. The first-order chi connectivity index (χ1) is 17.5.